The van der Waals surface area contributed by atoms with Crippen molar-refractivity contribution in [2.75, 3.05) is 11.4 Å². The number of anilines is 1. The minimum atomic E-state index is -0.408. The van der Waals surface area contributed by atoms with Crippen LogP contribution in [-0.2, 0) is 9.53 Å². The number of esters is 1. The summed E-state index contributed by atoms with van der Waals surface area (Å²) in [7, 11) is 0. The molecule has 0 spiro atoms. The standard InChI is InChI=1S/C22H20N2O3/c1-15(18-13-17-5-2-3-6-20(17)23-14-18)27-22(26)16-8-10-19(11-9-16)24-12-4-7-21(24)25/h2-3,5-6,8-11,13-15H,4,7,12H2,1H3. The van der Waals surface area contributed by atoms with E-state index in [4.69, 9.17) is 4.74 Å². The summed E-state index contributed by atoms with van der Waals surface area (Å²) in [5, 5.41) is 1.01. The number of carbonyl (C=O) groups is 2. The van der Waals surface area contributed by atoms with E-state index >= 15 is 0 Å². The third-order valence-corrected chi connectivity index (χ3v) is 4.85. The van der Waals surface area contributed by atoms with Crippen LogP contribution in [0, 0.1) is 0 Å². The fraction of sp³-hybridized carbons (Fsp3) is 0.227. The molecular weight excluding hydrogens is 340 g/mol. The number of para-hydroxylation sites is 1. The van der Waals surface area contributed by atoms with Gasteiger partial charge in [0.2, 0.25) is 5.91 Å². The Labute approximate surface area is 157 Å². The second-order valence-electron chi connectivity index (χ2n) is 6.70. The highest BCUT2D eigenvalue weighted by Crippen LogP contribution is 2.24. The van der Waals surface area contributed by atoms with Gasteiger partial charge in [0.25, 0.3) is 0 Å². The van der Waals surface area contributed by atoms with Crippen LogP contribution in [0.5, 0.6) is 0 Å². The molecule has 1 aromatic heterocycles. The first-order valence-electron chi connectivity index (χ1n) is 9.08. The minimum absolute atomic E-state index is 0.128. The average Bonchev–Trinajstić information content (AvgIpc) is 3.13. The number of pyridine rings is 1. The summed E-state index contributed by atoms with van der Waals surface area (Å²) in [5.74, 6) is -0.266. The summed E-state index contributed by atoms with van der Waals surface area (Å²) in [6.45, 7) is 2.57. The van der Waals surface area contributed by atoms with Crippen LogP contribution in [0.2, 0.25) is 0 Å². The van der Waals surface area contributed by atoms with E-state index in [1.165, 1.54) is 0 Å². The lowest BCUT2D eigenvalue weighted by molar-refractivity contribution is -0.117. The van der Waals surface area contributed by atoms with Gasteiger partial charge in [0.15, 0.2) is 0 Å². The molecule has 136 valence electrons. The first-order valence-corrected chi connectivity index (χ1v) is 9.08. The average molecular weight is 360 g/mol. The predicted octanol–water partition coefficient (Wildman–Crippen LogP) is 4.28. The van der Waals surface area contributed by atoms with Crippen molar-refractivity contribution in [3.63, 3.8) is 0 Å². The van der Waals surface area contributed by atoms with Crippen molar-refractivity contribution in [3.05, 3.63) is 71.9 Å². The summed E-state index contributed by atoms with van der Waals surface area (Å²) in [5.41, 5.74) is 3.04. The monoisotopic (exact) mass is 360 g/mol. The van der Waals surface area contributed by atoms with Crippen LogP contribution in [0.3, 0.4) is 0 Å². The van der Waals surface area contributed by atoms with Gasteiger partial charge in [0.05, 0.1) is 11.1 Å². The van der Waals surface area contributed by atoms with E-state index in [1.54, 1.807) is 35.4 Å². The van der Waals surface area contributed by atoms with E-state index < -0.39 is 12.1 Å². The molecule has 0 aliphatic carbocycles. The molecular formula is C22H20N2O3. The van der Waals surface area contributed by atoms with E-state index in [0.717, 1.165) is 35.1 Å². The number of carbonyl (C=O) groups excluding carboxylic acids is 2. The number of benzene rings is 2. The topological polar surface area (TPSA) is 59.5 Å². The van der Waals surface area contributed by atoms with E-state index in [9.17, 15) is 9.59 Å². The van der Waals surface area contributed by atoms with E-state index in [2.05, 4.69) is 4.98 Å². The lowest BCUT2D eigenvalue weighted by atomic mass is 10.1. The van der Waals surface area contributed by atoms with Crippen LogP contribution in [0.1, 0.15) is 41.8 Å². The van der Waals surface area contributed by atoms with E-state index in [-0.39, 0.29) is 5.91 Å². The molecule has 1 atom stereocenters. The van der Waals surface area contributed by atoms with Crippen molar-refractivity contribution < 1.29 is 14.3 Å². The fourth-order valence-electron chi connectivity index (χ4n) is 3.31. The zero-order valence-corrected chi connectivity index (χ0v) is 15.1. The minimum Gasteiger partial charge on any atom is -0.454 e. The molecule has 1 fully saturated rings. The summed E-state index contributed by atoms with van der Waals surface area (Å²) < 4.78 is 5.60. The molecule has 0 N–H and O–H groups in total. The van der Waals surface area contributed by atoms with E-state index in [1.807, 2.05) is 37.3 Å². The third-order valence-electron chi connectivity index (χ3n) is 4.85. The predicted molar refractivity (Wildman–Crippen MR) is 104 cm³/mol. The molecule has 1 aliphatic rings. The summed E-state index contributed by atoms with van der Waals surface area (Å²) in [6.07, 6.45) is 2.79. The number of ether oxygens (including phenoxy) is 1. The number of nitrogens with zero attached hydrogens (tertiary/aromatic N) is 2. The second-order valence-corrected chi connectivity index (χ2v) is 6.70. The first-order chi connectivity index (χ1) is 13.1. The van der Waals surface area contributed by atoms with Crippen LogP contribution in [0.15, 0.2) is 60.8 Å². The first kappa shape index (κ1) is 17.2. The van der Waals surface area contributed by atoms with Crippen molar-refractivity contribution in [2.45, 2.75) is 25.9 Å². The molecule has 3 aromatic rings. The molecule has 0 saturated carbocycles. The Bertz CT molecular complexity index is 998. The van der Waals surface area contributed by atoms with Gasteiger partial charge in [-0.3, -0.25) is 9.78 Å². The van der Waals surface area contributed by atoms with Gasteiger partial charge in [0, 0.05) is 35.8 Å². The molecule has 2 heterocycles. The number of fused-ring (bicyclic) bond motifs is 1. The Hall–Kier alpha value is -3.21. The lowest BCUT2D eigenvalue weighted by Gasteiger charge is -2.17. The molecule has 1 aliphatic heterocycles. The molecule has 5 nitrogen and oxygen atoms in total. The Morgan fingerprint density at radius 1 is 1.15 bits per heavy atom. The van der Waals surface area contributed by atoms with Crippen LogP contribution in [-0.4, -0.2) is 23.4 Å². The normalized spacial score (nSPS) is 15.1. The van der Waals surface area contributed by atoms with Gasteiger partial charge in [-0.2, -0.15) is 0 Å². The SMILES string of the molecule is CC(OC(=O)c1ccc(N2CCCC2=O)cc1)c1cnc2ccccc2c1. The maximum atomic E-state index is 12.5. The molecule has 2 aromatic carbocycles. The van der Waals surface area contributed by atoms with Crippen LogP contribution in [0.4, 0.5) is 5.69 Å². The quantitative estimate of drug-likeness (QED) is 0.652. The molecule has 0 radical (unpaired) electrons. The summed E-state index contributed by atoms with van der Waals surface area (Å²) in [4.78, 5) is 30.4. The van der Waals surface area contributed by atoms with Crippen molar-refractivity contribution in [1.29, 1.82) is 0 Å². The van der Waals surface area contributed by atoms with Crippen molar-refractivity contribution >= 4 is 28.5 Å². The molecule has 1 saturated heterocycles. The maximum absolute atomic E-state index is 12.5. The molecule has 0 bridgehead atoms. The van der Waals surface area contributed by atoms with Gasteiger partial charge in [0.1, 0.15) is 6.10 Å². The zero-order valence-electron chi connectivity index (χ0n) is 15.1. The number of aromatic nitrogens is 1. The number of hydrogen-bond acceptors (Lipinski definition) is 4. The highest BCUT2D eigenvalue weighted by atomic mass is 16.5. The van der Waals surface area contributed by atoms with Crippen LogP contribution in [0.25, 0.3) is 10.9 Å². The van der Waals surface area contributed by atoms with Gasteiger partial charge >= 0.3 is 5.97 Å². The van der Waals surface area contributed by atoms with Crippen LogP contribution < -0.4 is 4.90 Å². The molecule has 5 heteroatoms. The zero-order chi connectivity index (χ0) is 18.8. The Morgan fingerprint density at radius 3 is 2.67 bits per heavy atom. The fourth-order valence-corrected chi connectivity index (χ4v) is 3.31. The van der Waals surface area contributed by atoms with Crippen LogP contribution >= 0.6 is 0 Å². The van der Waals surface area contributed by atoms with Gasteiger partial charge in [-0.25, -0.2) is 4.79 Å². The highest BCUT2D eigenvalue weighted by Gasteiger charge is 2.22. The number of hydrogen-bond donors (Lipinski definition) is 0. The van der Waals surface area contributed by atoms with Crippen molar-refractivity contribution in [2.24, 2.45) is 0 Å². The number of rotatable bonds is 4. The molecule has 4 rings (SSSR count). The Morgan fingerprint density at radius 2 is 1.93 bits per heavy atom. The van der Waals surface area contributed by atoms with E-state index in [0.29, 0.717) is 12.0 Å². The summed E-state index contributed by atoms with van der Waals surface area (Å²) >= 11 is 0. The smallest absolute Gasteiger partial charge is 0.338 e. The number of amides is 1. The Kier molecular flexibility index (Phi) is 4.59. The van der Waals surface area contributed by atoms with Crippen molar-refractivity contribution in [3.8, 4) is 0 Å². The third kappa shape index (κ3) is 3.53. The van der Waals surface area contributed by atoms with Gasteiger partial charge in [-0.1, -0.05) is 18.2 Å². The van der Waals surface area contributed by atoms with Crippen molar-refractivity contribution in [1.82, 2.24) is 4.98 Å². The Balaban J connectivity index is 1.46. The lowest BCUT2D eigenvalue weighted by Crippen LogP contribution is -2.23. The second kappa shape index (κ2) is 7.19. The highest BCUT2D eigenvalue weighted by molar-refractivity contribution is 5.96. The molecule has 1 unspecified atom stereocenters. The molecule has 27 heavy (non-hydrogen) atoms. The molecule has 1 amide bonds. The maximum Gasteiger partial charge on any atom is 0.338 e. The van der Waals surface area contributed by atoms with Gasteiger partial charge in [-0.05, 0) is 49.7 Å². The van der Waals surface area contributed by atoms with Gasteiger partial charge < -0.3 is 9.64 Å². The summed E-state index contributed by atoms with van der Waals surface area (Å²) in [6, 6.07) is 16.8. The largest absolute Gasteiger partial charge is 0.454 e. The van der Waals surface area contributed by atoms with Gasteiger partial charge in [-0.15, -0.1) is 0 Å².